The van der Waals surface area contributed by atoms with Gasteiger partial charge in [0.15, 0.2) is 5.75 Å². The van der Waals surface area contributed by atoms with Crippen molar-refractivity contribution < 1.29 is 9.66 Å². The van der Waals surface area contributed by atoms with E-state index >= 15 is 0 Å². The molecule has 0 radical (unpaired) electrons. The van der Waals surface area contributed by atoms with Gasteiger partial charge in [-0.05, 0) is 50.7 Å². The number of nitro benzene ring substituents is 1. The third-order valence-corrected chi connectivity index (χ3v) is 3.86. The van der Waals surface area contributed by atoms with E-state index in [0.717, 1.165) is 18.8 Å². The Hall–Kier alpha value is -1.78. The van der Waals surface area contributed by atoms with Crippen molar-refractivity contribution in [2.75, 3.05) is 11.9 Å². The number of nitrogens with one attached hydrogen (secondary N) is 1. The van der Waals surface area contributed by atoms with Crippen molar-refractivity contribution in [2.45, 2.75) is 45.6 Å². The van der Waals surface area contributed by atoms with Crippen molar-refractivity contribution in [1.29, 1.82) is 0 Å². The number of rotatable bonds is 5. The van der Waals surface area contributed by atoms with E-state index in [1.54, 1.807) is 18.2 Å². The van der Waals surface area contributed by atoms with Crippen LogP contribution in [0.25, 0.3) is 0 Å². The van der Waals surface area contributed by atoms with Gasteiger partial charge in [0.05, 0.1) is 11.5 Å². The summed E-state index contributed by atoms with van der Waals surface area (Å²) in [6.07, 6.45) is 4.49. The third-order valence-electron chi connectivity index (χ3n) is 3.86. The molecular weight excluding hydrogens is 256 g/mol. The second-order valence-corrected chi connectivity index (χ2v) is 5.44. The summed E-state index contributed by atoms with van der Waals surface area (Å²) in [6, 6.07) is 5.53. The van der Waals surface area contributed by atoms with Crippen molar-refractivity contribution in [3.63, 3.8) is 0 Å². The number of benzene rings is 1. The predicted octanol–water partition coefficient (Wildman–Crippen LogP) is 3.98. The van der Waals surface area contributed by atoms with E-state index < -0.39 is 0 Å². The quantitative estimate of drug-likeness (QED) is 0.653. The lowest BCUT2D eigenvalue weighted by Gasteiger charge is -2.27. The van der Waals surface area contributed by atoms with Crippen LogP contribution in [0.4, 0.5) is 11.4 Å². The van der Waals surface area contributed by atoms with Crippen LogP contribution in [0, 0.1) is 16.0 Å². The van der Waals surface area contributed by atoms with Gasteiger partial charge in [-0.25, -0.2) is 0 Å². The lowest BCUT2D eigenvalue weighted by Crippen LogP contribution is -2.25. The van der Waals surface area contributed by atoms with Crippen LogP contribution in [-0.4, -0.2) is 17.6 Å². The fourth-order valence-corrected chi connectivity index (χ4v) is 2.72. The number of anilines is 1. The number of nitro groups is 1. The Morgan fingerprint density at radius 1 is 1.35 bits per heavy atom. The number of nitrogens with zero attached hydrogens (tertiary/aromatic N) is 1. The zero-order valence-corrected chi connectivity index (χ0v) is 12.1. The van der Waals surface area contributed by atoms with E-state index in [1.807, 2.05) is 6.92 Å². The topological polar surface area (TPSA) is 64.4 Å². The lowest BCUT2D eigenvalue weighted by atomic mass is 9.87. The van der Waals surface area contributed by atoms with Crippen LogP contribution in [0.1, 0.15) is 39.5 Å². The maximum Gasteiger partial charge on any atom is 0.333 e. The molecule has 0 spiro atoms. The first-order chi connectivity index (χ1) is 9.61. The summed E-state index contributed by atoms with van der Waals surface area (Å²) in [5.41, 5.74) is 0.619. The van der Waals surface area contributed by atoms with E-state index in [2.05, 4.69) is 12.2 Å². The van der Waals surface area contributed by atoms with Crippen molar-refractivity contribution in [3.8, 4) is 5.75 Å². The van der Waals surface area contributed by atoms with Gasteiger partial charge in [0, 0.05) is 6.04 Å². The average molecular weight is 278 g/mol. The van der Waals surface area contributed by atoms with Crippen molar-refractivity contribution >= 4 is 11.4 Å². The highest BCUT2D eigenvalue weighted by atomic mass is 16.6. The normalized spacial score (nSPS) is 22.3. The van der Waals surface area contributed by atoms with Crippen LogP contribution in [0.5, 0.6) is 5.75 Å². The Balaban J connectivity index is 2.18. The second-order valence-electron chi connectivity index (χ2n) is 5.44. The maximum atomic E-state index is 11.3. The Morgan fingerprint density at radius 3 is 2.65 bits per heavy atom. The molecule has 0 bridgehead atoms. The molecule has 0 atom stereocenters. The fraction of sp³-hybridized carbons (Fsp3) is 0.600. The molecule has 0 heterocycles. The molecule has 0 saturated heterocycles. The highest BCUT2D eigenvalue weighted by Gasteiger charge is 2.24. The Kier molecular flexibility index (Phi) is 4.82. The molecular formula is C15H22N2O3. The Morgan fingerprint density at radius 2 is 2.05 bits per heavy atom. The molecule has 0 aromatic heterocycles. The van der Waals surface area contributed by atoms with Crippen LogP contribution in [0.3, 0.4) is 0 Å². The van der Waals surface area contributed by atoms with Gasteiger partial charge in [-0.3, -0.25) is 10.1 Å². The summed E-state index contributed by atoms with van der Waals surface area (Å²) in [6.45, 7) is 4.51. The second kappa shape index (κ2) is 6.59. The van der Waals surface area contributed by atoms with Gasteiger partial charge in [0.2, 0.25) is 0 Å². The van der Waals surface area contributed by atoms with Gasteiger partial charge in [-0.15, -0.1) is 0 Å². The SMILES string of the molecule is CCOc1cccc(NC2CCC(C)CC2)c1[N+](=O)[O-]. The van der Waals surface area contributed by atoms with Gasteiger partial charge in [-0.2, -0.15) is 0 Å². The smallest absolute Gasteiger partial charge is 0.333 e. The highest BCUT2D eigenvalue weighted by molar-refractivity contribution is 5.68. The standard InChI is InChI=1S/C15H22N2O3/c1-3-20-14-6-4-5-13(15(14)17(18)19)16-12-9-7-11(2)8-10-12/h4-6,11-12,16H,3,7-10H2,1-2H3. The summed E-state index contributed by atoms with van der Waals surface area (Å²) >= 11 is 0. The summed E-state index contributed by atoms with van der Waals surface area (Å²) in [4.78, 5) is 10.9. The molecule has 1 N–H and O–H groups in total. The van der Waals surface area contributed by atoms with Crippen LogP contribution in [-0.2, 0) is 0 Å². The zero-order chi connectivity index (χ0) is 14.5. The molecule has 0 aliphatic heterocycles. The van der Waals surface area contributed by atoms with Crippen LogP contribution >= 0.6 is 0 Å². The van der Waals surface area contributed by atoms with Crippen LogP contribution in [0.15, 0.2) is 18.2 Å². The minimum Gasteiger partial charge on any atom is -0.487 e. The molecule has 0 unspecified atom stereocenters. The molecule has 1 aromatic rings. The highest BCUT2D eigenvalue weighted by Crippen LogP contribution is 2.36. The third kappa shape index (κ3) is 3.40. The van der Waals surface area contributed by atoms with Gasteiger partial charge >= 0.3 is 5.69 Å². The van der Waals surface area contributed by atoms with Gasteiger partial charge < -0.3 is 10.1 Å². The summed E-state index contributed by atoms with van der Waals surface area (Å²) in [7, 11) is 0. The summed E-state index contributed by atoms with van der Waals surface area (Å²) in [5.74, 6) is 1.10. The number of hydrogen-bond donors (Lipinski definition) is 1. The van der Waals surface area contributed by atoms with Gasteiger partial charge in [-0.1, -0.05) is 13.0 Å². The van der Waals surface area contributed by atoms with Crippen molar-refractivity contribution in [2.24, 2.45) is 5.92 Å². The first-order valence-corrected chi connectivity index (χ1v) is 7.28. The Bertz CT molecular complexity index is 468. The Labute approximate surface area is 119 Å². The number of hydrogen-bond acceptors (Lipinski definition) is 4. The van der Waals surface area contributed by atoms with E-state index in [-0.39, 0.29) is 10.6 Å². The molecule has 1 aliphatic rings. The van der Waals surface area contributed by atoms with E-state index in [0.29, 0.717) is 24.1 Å². The molecule has 1 saturated carbocycles. The maximum absolute atomic E-state index is 11.3. The number of ether oxygens (including phenoxy) is 1. The molecule has 0 amide bonds. The van der Waals surface area contributed by atoms with Gasteiger partial charge in [0.25, 0.3) is 0 Å². The molecule has 20 heavy (non-hydrogen) atoms. The lowest BCUT2D eigenvalue weighted by molar-refractivity contribution is -0.385. The summed E-state index contributed by atoms with van der Waals surface area (Å²) < 4.78 is 5.36. The molecule has 1 aromatic carbocycles. The van der Waals surface area contributed by atoms with Crippen LogP contribution in [0.2, 0.25) is 0 Å². The van der Waals surface area contributed by atoms with E-state index in [4.69, 9.17) is 4.74 Å². The fourth-order valence-electron chi connectivity index (χ4n) is 2.72. The van der Waals surface area contributed by atoms with Crippen molar-refractivity contribution in [3.05, 3.63) is 28.3 Å². The minimum atomic E-state index is -0.362. The minimum absolute atomic E-state index is 0.0490. The predicted molar refractivity (Wildman–Crippen MR) is 79.3 cm³/mol. The first-order valence-electron chi connectivity index (χ1n) is 7.28. The molecule has 110 valence electrons. The average Bonchev–Trinajstić information content (AvgIpc) is 2.41. The van der Waals surface area contributed by atoms with E-state index in [9.17, 15) is 10.1 Å². The molecule has 1 fully saturated rings. The van der Waals surface area contributed by atoms with E-state index in [1.165, 1.54) is 12.8 Å². The molecule has 2 rings (SSSR count). The largest absolute Gasteiger partial charge is 0.487 e. The van der Waals surface area contributed by atoms with Crippen molar-refractivity contribution in [1.82, 2.24) is 0 Å². The molecule has 1 aliphatic carbocycles. The molecule has 5 nitrogen and oxygen atoms in total. The molecule has 5 heteroatoms. The van der Waals surface area contributed by atoms with Crippen LogP contribution < -0.4 is 10.1 Å². The zero-order valence-electron chi connectivity index (χ0n) is 12.1. The summed E-state index contributed by atoms with van der Waals surface area (Å²) in [5, 5.41) is 14.6. The monoisotopic (exact) mass is 278 g/mol. The van der Waals surface area contributed by atoms with Gasteiger partial charge in [0.1, 0.15) is 5.69 Å². The number of para-hydroxylation sites is 1. The first kappa shape index (κ1) is 14.6.